The van der Waals surface area contributed by atoms with Crippen LogP contribution in [0.2, 0.25) is 0 Å². The first-order chi connectivity index (χ1) is 12.1. The van der Waals surface area contributed by atoms with E-state index in [-0.39, 0.29) is 0 Å². The monoisotopic (exact) mass is 353 g/mol. The molecule has 0 amide bonds. The van der Waals surface area contributed by atoms with Gasteiger partial charge in [0.05, 0.1) is 0 Å². The highest BCUT2D eigenvalue weighted by Gasteiger charge is 2.04. The van der Waals surface area contributed by atoms with Gasteiger partial charge in [-0.1, -0.05) is 0 Å². The van der Waals surface area contributed by atoms with Crippen molar-refractivity contribution >= 4 is 28.7 Å². The van der Waals surface area contributed by atoms with Crippen molar-refractivity contribution in [1.82, 2.24) is 14.9 Å². The standard InChI is InChI=1S/C19H23N5S/c1-23(2)9-10-24(3)18-6-4-17(5-7-18)22-19-20-12-16(13-21-19)15-8-11-25-14-15/h4-8,11-14H,9-10H2,1-3H3,(H,20,21,22). The molecule has 0 spiro atoms. The molecule has 6 heteroatoms. The minimum atomic E-state index is 0.604. The average molecular weight is 353 g/mol. The van der Waals surface area contributed by atoms with Gasteiger partial charge in [0.1, 0.15) is 0 Å². The van der Waals surface area contributed by atoms with Gasteiger partial charge in [0, 0.05) is 49.5 Å². The zero-order valence-corrected chi connectivity index (χ0v) is 15.6. The van der Waals surface area contributed by atoms with Crippen LogP contribution in [0.15, 0.2) is 53.5 Å². The maximum Gasteiger partial charge on any atom is 0.227 e. The van der Waals surface area contributed by atoms with Crippen LogP contribution in [-0.4, -0.2) is 49.1 Å². The van der Waals surface area contributed by atoms with Crippen LogP contribution in [-0.2, 0) is 0 Å². The molecule has 0 bridgehead atoms. The fourth-order valence-electron chi connectivity index (χ4n) is 2.38. The Balaban J connectivity index is 1.61. The van der Waals surface area contributed by atoms with E-state index < -0.39 is 0 Å². The van der Waals surface area contributed by atoms with Crippen molar-refractivity contribution < 1.29 is 0 Å². The van der Waals surface area contributed by atoms with E-state index in [1.165, 1.54) is 5.69 Å². The highest BCUT2D eigenvalue weighted by Crippen LogP contribution is 2.22. The SMILES string of the molecule is CN(C)CCN(C)c1ccc(Nc2ncc(-c3ccsc3)cn2)cc1. The van der Waals surface area contributed by atoms with Gasteiger partial charge in [-0.05, 0) is 60.8 Å². The molecule has 0 saturated heterocycles. The third kappa shape index (κ3) is 4.78. The number of likely N-dealkylation sites (N-methyl/N-ethyl adjacent to an activating group) is 2. The molecule has 2 heterocycles. The fraction of sp³-hybridized carbons (Fsp3) is 0.263. The molecular weight excluding hydrogens is 330 g/mol. The minimum absolute atomic E-state index is 0.604. The molecule has 25 heavy (non-hydrogen) atoms. The van der Waals surface area contributed by atoms with Gasteiger partial charge in [0.2, 0.25) is 5.95 Å². The molecule has 5 nitrogen and oxygen atoms in total. The van der Waals surface area contributed by atoms with Gasteiger partial charge in [0.25, 0.3) is 0 Å². The summed E-state index contributed by atoms with van der Waals surface area (Å²) in [5, 5.41) is 7.40. The van der Waals surface area contributed by atoms with Gasteiger partial charge in [-0.2, -0.15) is 11.3 Å². The van der Waals surface area contributed by atoms with E-state index in [1.54, 1.807) is 11.3 Å². The zero-order chi connectivity index (χ0) is 17.6. The van der Waals surface area contributed by atoms with E-state index in [9.17, 15) is 0 Å². The van der Waals surface area contributed by atoms with E-state index in [4.69, 9.17) is 0 Å². The third-order valence-electron chi connectivity index (χ3n) is 3.95. The van der Waals surface area contributed by atoms with Gasteiger partial charge >= 0.3 is 0 Å². The summed E-state index contributed by atoms with van der Waals surface area (Å²) in [4.78, 5) is 13.2. The summed E-state index contributed by atoms with van der Waals surface area (Å²) in [6, 6.07) is 10.4. The van der Waals surface area contributed by atoms with Crippen LogP contribution >= 0.6 is 11.3 Å². The number of rotatable bonds is 7. The fourth-order valence-corrected chi connectivity index (χ4v) is 3.04. The average Bonchev–Trinajstić information content (AvgIpc) is 3.15. The van der Waals surface area contributed by atoms with Gasteiger partial charge in [0.15, 0.2) is 0 Å². The smallest absolute Gasteiger partial charge is 0.227 e. The molecule has 0 radical (unpaired) electrons. The molecule has 0 fully saturated rings. The van der Waals surface area contributed by atoms with E-state index in [0.717, 1.165) is 29.9 Å². The van der Waals surface area contributed by atoms with Crippen LogP contribution in [0.4, 0.5) is 17.3 Å². The number of hydrogen-bond donors (Lipinski definition) is 1. The Bertz CT molecular complexity index is 767. The Hall–Kier alpha value is -2.44. The Morgan fingerprint density at radius 1 is 0.920 bits per heavy atom. The quantitative estimate of drug-likeness (QED) is 0.697. The Morgan fingerprint density at radius 3 is 2.24 bits per heavy atom. The van der Waals surface area contributed by atoms with Crippen molar-refractivity contribution in [2.75, 3.05) is 44.4 Å². The van der Waals surface area contributed by atoms with Crippen LogP contribution in [0.25, 0.3) is 11.1 Å². The van der Waals surface area contributed by atoms with Gasteiger partial charge < -0.3 is 15.1 Å². The van der Waals surface area contributed by atoms with Crippen LogP contribution in [0.1, 0.15) is 0 Å². The van der Waals surface area contributed by atoms with Crippen molar-refractivity contribution in [2.45, 2.75) is 0 Å². The van der Waals surface area contributed by atoms with Crippen molar-refractivity contribution in [2.24, 2.45) is 0 Å². The predicted octanol–water partition coefficient (Wildman–Crippen LogP) is 3.95. The normalized spacial score (nSPS) is 10.9. The number of nitrogens with zero attached hydrogens (tertiary/aromatic N) is 4. The lowest BCUT2D eigenvalue weighted by Gasteiger charge is -2.21. The first-order valence-electron chi connectivity index (χ1n) is 8.19. The van der Waals surface area contributed by atoms with E-state index in [1.807, 2.05) is 12.4 Å². The molecule has 3 rings (SSSR count). The lowest BCUT2D eigenvalue weighted by Crippen LogP contribution is -2.28. The van der Waals surface area contributed by atoms with Crippen molar-refractivity contribution in [3.8, 4) is 11.1 Å². The summed E-state index contributed by atoms with van der Waals surface area (Å²) in [6.07, 6.45) is 3.70. The zero-order valence-electron chi connectivity index (χ0n) is 14.8. The second-order valence-corrected chi connectivity index (χ2v) is 6.98. The molecule has 2 aromatic heterocycles. The van der Waals surface area contributed by atoms with Crippen LogP contribution in [0.5, 0.6) is 0 Å². The number of hydrogen-bond acceptors (Lipinski definition) is 6. The van der Waals surface area contributed by atoms with Crippen molar-refractivity contribution in [1.29, 1.82) is 0 Å². The number of thiophene rings is 1. The largest absolute Gasteiger partial charge is 0.373 e. The highest BCUT2D eigenvalue weighted by atomic mass is 32.1. The molecule has 3 aromatic rings. The highest BCUT2D eigenvalue weighted by molar-refractivity contribution is 7.08. The Kier molecular flexibility index (Phi) is 5.63. The molecule has 0 aliphatic rings. The molecule has 0 aliphatic heterocycles. The lowest BCUT2D eigenvalue weighted by molar-refractivity contribution is 0.416. The number of aromatic nitrogens is 2. The van der Waals surface area contributed by atoms with Crippen LogP contribution < -0.4 is 10.2 Å². The lowest BCUT2D eigenvalue weighted by atomic mass is 10.2. The van der Waals surface area contributed by atoms with Gasteiger partial charge in [-0.15, -0.1) is 0 Å². The molecular formula is C19H23N5S. The summed E-state index contributed by atoms with van der Waals surface area (Å²) < 4.78 is 0. The van der Waals surface area contributed by atoms with E-state index in [2.05, 4.69) is 87.3 Å². The maximum absolute atomic E-state index is 4.40. The van der Waals surface area contributed by atoms with Gasteiger partial charge in [-0.25, -0.2) is 9.97 Å². The number of benzene rings is 1. The summed E-state index contributed by atoms with van der Waals surface area (Å²) in [6.45, 7) is 2.02. The maximum atomic E-state index is 4.40. The van der Waals surface area contributed by atoms with E-state index in [0.29, 0.717) is 5.95 Å². The second-order valence-electron chi connectivity index (χ2n) is 6.20. The van der Waals surface area contributed by atoms with E-state index >= 15 is 0 Å². The molecule has 1 aromatic carbocycles. The molecule has 130 valence electrons. The van der Waals surface area contributed by atoms with Crippen LogP contribution in [0.3, 0.4) is 0 Å². The Labute approximate surface area is 153 Å². The molecule has 0 unspecified atom stereocenters. The topological polar surface area (TPSA) is 44.3 Å². The molecule has 0 atom stereocenters. The summed E-state index contributed by atoms with van der Waals surface area (Å²) in [5.41, 5.74) is 4.36. The van der Waals surface area contributed by atoms with Gasteiger partial charge in [-0.3, -0.25) is 0 Å². The van der Waals surface area contributed by atoms with Crippen molar-refractivity contribution in [3.05, 3.63) is 53.5 Å². The van der Waals surface area contributed by atoms with Crippen LogP contribution in [0, 0.1) is 0 Å². The summed E-state index contributed by atoms with van der Waals surface area (Å²) in [5.74, 6) is 0.604. The first-order valence-corrected chi connectivity index (χ1v) is 9.13. The number of nitrogens with one attached hydrogen (secondary N) is 1. The third-order valence-corrected chi connectivity index (χ3v) is 4.64. The Morgan fingerprint density at radius 2 is 1.64 bits per heavy atom. The summed E-state index contributed by atoms with van der Waals surface area (Å²) >= 11 is 1.67. The summed E-state index contributed by atoms with van der Waals surface area (Å²) in [7, 11) is 6.28. The number of anilines is 3. The molecule has 0 aliphatic carbocycles. The predicted molar refractivity (Wildman–Crippen MR) is 107 cm³/mol. The molecule has 1 N–H and O–H groups in total. The second kappa shape index (κ2) is 8.09. The molecule has 0 saturated carbocycles. The minimum Gasteiger partial charge on any atom is -0.373 e. The van der Waals surface area contributed by atoms with Crippen molar-refractivity contribution in [3.63, 3.8) is 0 Å². The first kappa shape index (κ1) is 17.4.